The van der Waals surface area contributed by atoms with Crippen LogP contribution in [-0.4, -0.2) is 30.5 Å². The van der Waals surface area contributed by atoms with Crippen LogP contribution >= 0.6 is 0 Å². The summed E-state index contributed by atoms with van der Waals surface area (Å²) in [7, 11) is 4.17. The largest absolute Gasteiger partial charge is 0.368 e. The zero-order valence-electron chi connectivity index (χ0n) is 20.3. The Bertz CT molecular complexity index is 1330. The lowest BCUT2D eigenvalue weighted by atomic mass is 9.85. The average Bonchev–Trinajstić information content (AvgIpc) is 3.25. The van der Waals surface area contributed by atoms with E-state index in [-0.39, 0.29) is 17.8 Å². The summed E-state index contributed by atoms with van der Waals surface area (Å²) in [5.41, 5.74) is 8.40. The normalized spacial score (nSPS) is 16.2. The second-order valence-electron chi connectivity index (χ2n) is 9.70. The number of pyridine rings is 1. The number of ether oxygens (including phenoxy) is 1. The molecule has 0 saturated carbocycles. The lowest BCUT2D eigenvalue weighted by molar-refractivity contribution is 0.0420. The van der Waals surface area contributed by atoms with E-state index in [1.54, 1.807) is 12.1 Å². The van der Waals surface area contributed by atoms with Crippen LogP contribution in [-0.2, 0) is 11.3 Å². The number of aryl methyl sites for hydroxylation is 2. The summed E-state index contributed by atoms with van der Waals surface area (Å²) in [6.07, 6.45) is 4.84. The van der Waals surface area contributed by atoms with Crippen molar-refractivity contribution in [3.63, 3.8) is 0 Å². The van der Waals surface area contributed by atoms with E-state index in [1.165, 1.54) is 38.6 Å². The average molecular weight is 455 g/mol. The van der Waals surface area contributed by atoms with Gasteiger partial charge in [0.1, 0.15) is 5.82 Å². The standard InChI is InChI=1S/C30H31FN2O/c1-19-5-6-20(2)29-27(19)16-32-17-28(29)22-9-12-25-23(15-22)18-34-30(25)26(13-14-33(3)4)21-7-10-24(31)11-8-21/h5-12,15-17,26,30H,13-14,18H2,1-4H3. The molecular weight excluding hydrogens is 423 g/mol. The van der Waals surface area contributed by atoms with Gasteiger partial charge in [0.15, 0.2) is 0 Å². The highest BCUT2D eigenvalue weighted by molar-refractivity contribution is 5.99. The molecule has 1 aliphatic heterocycles. The summed E-state index contributed by atoms with van der Waals surface area (Å²) >= 11 is 0. The van der Waals surface area contributed by atoms with Gasteiger partial charge in [-0.2, -0.15) is 0 Å². The smallest absolute Gasteiger partial charge is 0.123 e. The molecule has 174 valence electrons. The molecule has 34 heavy (non-hydrogen) atoms. The number of hydrogen-bond donors (Lipinski definition) is 0. The third-order valence-electron chi connectivity index (χ3n) is 7.08. The first-order valence-corrected chi connectivity index (χ1v) is 11.9. The lowest BCUT2D eigenvalue weighted by Gasteiger charge is -2.26. The van der Waals surface area contributed by atoms with Crippen molar-refractivity contribution in [2.24, 2.45) is 0 Å². The molecule has 0 N–H and O–H groups in total. The molecule has 0 aliphatic carbocycles. The van der Waals surface area contributed by atoms with Gasteiger partial charge in [0.2, 0.25) is 0 Å². The Balaban J connectivity index is 1.53. The van der Waals surface area contributed by atoms with E-state index >= 15 is 0 Å². The molecule has 0 spiro atoms. The quantitative estimate of drug-likeness (QED) is 0.315. The molecule has 0 bridgehead atoms. The molecule has 2 atom stereocenters. The molecule has 0 fully saturated rings. The third-order valence-corrected chi connectivity index (χ3v) is 7.08. The molecule has 0 saturated heterocycles. The van der Waals surface area contributed by atoms with E-state index in [2.05, 4.69) is 68.2 Å². The zero-order chi connectivity index (χ0) is 23.8. The number of nitrogens with zero attached hydrogens (tertiary/aromatic N) is 2. The van der Waals surface area contributed by atoms with Crippen molar-refractivity contribution in [1.82, 2.24) is 9.88 Å². The van der Waals surface area contributed by atoms with E-state index in [0.29, 0.717) is 6.61 Å². The SMILES string of the molecule is Cc1ccc(C)c2c(-c3ccc4c(c3)COC4C(CCN(C)C)c3ccc(F)cc3)cncc12. The minimum absolute atomic E-state index is 0.0379. The van der Waals surface area contributed by atoms with Gasteiger partial charge in [-0.25, -0.2) is 4.39 Å². The highest BCUT2D eigenvalue weighted by Crippen LogP contribution is 2.44. The Morgan fingerprint density at radius 3 is 2.53 bits per heavy atom. The van der Waals surface area contributed by atoms with Crippen molar-refractivity contribution < 1.29 is 9.13 Å². The first-order valence-electron chi connectivity index (χ1n) is 11.9. The highest BCUT2D eigenvalue weighted by Gasteiger charge is 2.32. The number of benzene rings is 3. The molecule has 1 aromatic heterocycles. The van der Waals surface area contributed by atoms with E-state index in [1.807, 2.05) is 24.5 Å². The second kappa shape index (κ2) is 9.28. The van der Waals surface area contributed by atoms with E-state index in [4.69, 9.17) is 4.74 Å². The highest BCUT2D eigenvalue weighted by atomic mass is 19.1. The number of rotatable bonds is 6. The molecule has 2 unspecified atom stereocenters. The maximum Gasteiger partial charge on any atom is 0.123 e. The summed E-state index contributed by atoms with van der Waals surface area (Å²) in [4.78, 5) is 6.74. The van der Waals surface area contributed by atoms with Crippen LogP contribution in [0.4, 0.5) is 4.39 Å². The molecule has 5 rings (SSSR count). The van der Waals surface area contributed by atoms with Gasteiger partial charge in [0.05, 0.1) is 12.7 Å². The molecule has 3 nitrogen and oxygen atoms in total. The molecule has 4 aromatic rings. The molecule has 3 aromatic carbocycles. The lowest BCUT2D eigenvalue weighted by Crippen LogP contribution is -2.19. The Hall–Kier alpha value is -3.08. The van der Waals surface area contributed by atoms with Gasteiger partial charge < -0.3 is 9.64 Å². The van der Waals surface area contributed by atoms with Gasteiger partial charge in [-0.05, 0) is 97.9 Å². The molecule has 2 heterocycles. The molecule has 1 aliphatic rings. The summed E-state index contributed by atoms with van der Waals surface area (Å²) in [5, 5.41) is 2.47. The van der Waals surface area contributed by atoms with Gasteiger partial charge in [-0.3, -0.25) is 4.98 Å². The van der Waals surface area contributed by atoms with Crippen LogP contribution in [0, 0.1) is 19.7 Å². The summed E-state index contributed by atoms with van der Waals surface area (Å²) in [6.45, 7) is 5.83. The maximum absolute atomic E-state index is 13.6. The van der Waals surface area contributed by atoms with Crippen molar-refractivity contribution >= 4 is 10.8 Å². The fourth-order valence-electron chi connectivity index (χ4n) is 5.20. The zero-order valence-corrected chi connectivity index (χ0v) is 20.3. The van der Waals surface area contributed by atoms with Crippen molar-refractivity contribution in [2.75, 3.05) is 20.6 Å². The first-order chi connectivity index (χ1) is 16.4. The van der Waals surface area contributed by atoms with Crippen molar-refractivity contribution in [1.29, 1.82) is 0 Å². The number of aromatic nitrogens is 1. The van der Waals surface area contributed by atoms with Gasteiger partial charge in [-0.1, -0.05) is 36.4 Å². The Labute approximate surface area is 201 Å². The van der Waals surface area contributed by atoms with Crippen LogP contribution < -0.4 is 0 Å². The predicted molar refractivity (Wildman–Crippen MR) is 136 cm³/mol. The maximum atomic E-state index is 13.6. The van der Waals surface area contributed by atoms with Crippen molar-refractivity contribution in [2.45, 2.75) is 38.9 Å². The van der Waals surface area contributed by atoms with Crippen molar-refractivity contribution in [3.05, 3.63) is 101 Å². The van der Waals surface area contributed by atoms with Gasteiger partial charge in [0.25, 0.3) is 0 Å². The minimum atomic E-state index is -0.207. The van der Waals surface area contributed by atoms with Gasteiger partial charge >= 0.3 is 0 Å². The Morgan fingerprint density at radius 1 is 1.00 bits per heavy atom. The van der Waals surface area contributed by atoms with Crippen molar-refractivity contribution in [3.8, 4) is 11.1 Å². The number of halogens is 1. The summed E-state index contributed by atoms with van der Waals surface area (Å²) < 4.78 is 20.0. The fourth-order valence-corrected chi connectivity index (χ4v) is 5.20. The van der Waals surface area contributed by atoms with E-state index in [9.17, 15) is 4.39 Å². The molecule has 0 radical (unpaired) electrons. The van der Waals surface area contributed by atoms with Crippen LogP contribution in [0.2, 0.25) is 0 Å². The molecular formula is C30H31FN2O. The topological polar surface area (TPSA) is 25.4 Å². The number of fused-ring (bicyclic) bond motifs is 2. The van der Waals surface area contributed by atoms with Gasteiger partial charge in [-0.15, -0.1) is 0 Å². The van der Waals surface area contributed by atoms with E-state index in [0.717, 1.165) is 24.1 Å². The molecule has 0 amide bonds. The van der Waals surface area contributed by atoms with Crippen LogP contribution in [0.5, 0.6) is 0 Å². The Morgan fingerprint density at radius 2 is 1.76 bits per heavy atom. The fraction of sp³-hybridized carbons (Fsp3) is 0.300. The number of hydrogen-bond acceptors (Lipinski definition) is 3. The summed E-state index contributed by atoms with van der Waals surface area (Å²) in [5.74, 6) is -0.0408. The van der Waals surface area contributed by atoms with Crippen LogP contribution in [0.3, 0.4) is 0 Å². The van der Waals surface area contributed by atoms with Crippen LogP contribution in [0.1, 0.15) is 46.3 Å². The summed E-state index contributed by atoms with van der Waals surface area (Å²) in [6, 6.07) is 17.9. The first kappa shape index (κ1) is 22.7. The van der Waals surface area contributed by atoms with Gasteiger partial charge in [0, 0.05) is 29.3 Å². The molecule has 4 heteroatoms. The van der Waals surface area contributed by atoms with Crippen LogP contribution in [0.15, 0.2) is 67.0 Å². The van der Waals surface area contributed by atoms with E-state index < -0.39 is 0 Å². The third kappa shape index (κ3) is 4.24. The predicted octanol–water partition coefficient (Wildman–Crippen LogP) is 6.96. The Kier molecular flexibility index (Phi) is 6.20. The minimum Gasteiger partial charge on any atom is -0.368 e. The van der Waals surface area contributed by atoms with Crippen LogP contribution in [0.25, 0.3) is 21.9 Å². The monoisotopic (exact) mass is 454 g/mol. The second-order valence-corrected chi connectivity index (χ2v) is 9.70.